The summed E-state index contributed by atoms with van der Waals surface area (Å²) in [5.74, 6) is -0.831. The lowest BCUT2D eigenvalue weighted by Gasteiger charge is -2.09. The molecule has 0 spiro atoms. The summed E-state index contributed by atoms with van der Waals surface area (Å²) in [4.78, 5) is 36.2. The zero-order valence-electron chi connectivity index (χ0n) is 21.0. The van der Waals surface area contributed by atoms with E-state index >= 15 is 0 Å². The number of rotatable bonds is 10. The number of hydrogen-bond donors (Lipinski definition) is 3. The molecule has 9 nitrogen and oxygen atoms in total. The van der Waals surface area contributed by atoms with Gasteiger partial charge in [-0.1, -0.05) is 13.0 Å². The number of hydrazone groups is 1. The van der Waals surface area contributed by atoms with Crippen LogP contribution in [0.4, 0.5) is 11.4 Å². The molecule has 0 aliphatic heterocycles. The monoisotopic (exact) mass is 502 g/mol. The van der Waals surface area contributed by atoms with Gasteiger partial charge in [0.25, 0.3) is 5.91 Å². The second kappa shape index (κ2) is 13.4. The highest BCUT2D eigenvalue weighted by Gasteiger charge is 2.13. The van der Waals surface area contributed by atoms with Crippen LogP contribution in [0, 0.1) is 13.8 Å². The van der Waals surface area contributed by atoms with Crippen LogP contribution >= 0.6 is 0 Å². The first-order chi connectivity index (χ1) is 17.8. The molecule has 0 atom stereocenters. The Kier molecular flexibility index (Phi) is 9.78. The zero-order chi connectivity index (χ0) is 26.6. The molecular formula is C28H30N4O5. The highest BCUT2D eigenvalue weighted by atomic mass is 16.5. The molecule has 9 heteroatoms. The third-order valence-corrected chi connectivity index (χ3v) is 5.21. The van der Waals surface area contributed by atoms with E-state index in [2.05, 4.69) is 21.2 Å². The number of hydrogen-bond acceptors (Lipinski definition) is 6. The van der Waals surface area contributed by atoms with Gasteiger partial charge in [0.15, 0.2) is 6.61 Å². The zero-order valence-corrected chi connectivity index (χ0v) is 21.0. The van der Waals surface area contributed by atoms with Crippen molar-refractivity contribution in [2.45, 2.75) is 27.2 Å². The molecule has 0 fully saturated rings. The van der Waals surface area contributed by atoms with Crippen molar-refractivity contribution in [1.82, 2.24) is 5.43 Å². The minimum absolute atomic E-state index is 0.139. The second-order valence-electron chi connectivity index (χ2n) is 8.23. The summed E-state index contributed by atoms with van der Waals surface area (Å²) in [6.07, 6.45) is 2.28. The van der Waals surface area contributed by atoms with E-state index in [9.17, 15) is 14.4 Å². The van der Waals surface area contributed by atoms with Crippen LogP contribution in [0.1, 0.15) is 30.0 Å². The van der Waals surface area contributed by atoms with Crippen molar-refractivity contribution in [2.75, 3.05) is 23.8 Å². The topological polar surface area (TPSA) is 118 Å². The molecule has 0 aliphatic carbocycles. The molecule has 0 aliphatic rings. The first-order valence-corrected chi connectivity index (χ1v) is 11.8. The van der Waals surface area contributed by atoms with Gasteiger partial charge in [0.2, 0.25) is 0 Å². The van der Waals surface area contributed by atoms with E-state index in [1.165, 1.54) is 6.21 Å². The fraction of sp³-hybridized carbons (Fsp3) is 0.214. The number of nitrogens with one attached hydrogen (secondary N) is 3. The molecule has 37 heavy (non-hydrogen) atoms. The van der Waals surface area contributed by atoms with Gasteiger partial charge < -0.3 is 20.1 Å². The molecule has 3 amide bonds. The fourth-order valence-electron chi connectivity index (χ4n) is 3.07. The van der Waals surface area contributed by atoms with Gasteiger partial charge in [-0.3, -0.25) is 14.4 Å². The Morgan fingerprint density at radius 3 is 2.11 bits per heavy atom. The van der Waals surface area contributed by atoms with Gasteiger partial charge in [0, 0.05) is 11.4 Å². The minimum Gasteiger partial charge on any atom is -0.494 e. The van der Waals surface area contributed by atoms with Crippen molar-refractivity contribution in [3.63, 3.8) is 0 Å². The molecule has 192 valence electrons. The van der Waals surface area contributed by atoms with Crippen LogP contribution in [0.3, 0.4) is 0 Å². The maximum atomic E-state index is 12.1. The van der Waals surface area contributed by atoms with Gasteiger partial charge in [-0.15, -0.1) is 0 Å². The van der Waals surface area contributed by atoms with Gasteiger partial charge >= 0.3 is 11.8 Å². The quantitative estimate of drug-likeness (QED) is 0.218. The minimum atomic E-state index is -0.905. The van der Waals surface area contributed by atoms with Gasteiger partial charge in [0.1, 0.15) is 11.5 Å². The predicted octanol–water partition coefficient (Wildman–Crippen LogP) is 4.20. The lowest BCUT2D eigenvalue weighted by Crippen LogP contribution is -2.32. The van der Waals surface area contributed by atoms with Crippen LogP contribution < -0.4 is 25.5 Å². The SMILES string of the molecule is CCCOc1ccc(NC(=O)C(=O)N/N=C\c2ccc(OCC(=O)Nc3ccc(C)c(C)c3)cc2)cc1. The van der Waals surface area contributed by atoms with Crippen molar-refractivity contribution in [3.05, 3.63) is 83.4 Å². The van der Waals surface area contributed by atoms with Gasteiger partial charge in [-0.25, -0.2) is 5.43 Å². The molecule has 3 N–H and O–H groups in total. The van der Waals surface area contributed by atoms with Gasteiger partial charge in [-0.05, 0) is 97.6 Å². The highest BCUT2D eigenvalue weighted by molar-refractivity contribution is 6.39. The summed E-state index contributed by atoms with van der Waals surface area (Å²) in [5, 5.41) is 9.10. The van der Waals surface area contributed by atoms with E-state index in [-0.39, 0.29) is 12.5 Å². The number of carbonyl (C=O) groups is 3. The standard InChI is InChI=1S/C28H30N4O5/c1-4-15-36-24-13-9-22(10-14-24)31-27(34)28(35)32-29-17-21-6-11-25(12-7-21)37-18-26(33)30-23-8-5-19(2)20(3)16-23/h5-14,16-17H,4,15,18H2,1-3H3,(H,30,33)(H,31,34)(H,32,35)/b29-17-. The number of ether oxygens (including phenoxy) is 2. The van der Waals surface area contributed by atoms with Gasteiger partial charge in [-0.2, -0.15) is 5.10 Å². The summed E-state index contributed by atoms with van der Waals surface area (Å²) in [7, 11) is 0. The largest absolute Gasteiger partial charge is 0.494 e. The number of nitrogens with zero attached hydrogens (tertiary/aromatic N) is 1. The molecule has 0 aromatic heterocycles. The maximum absolute atomic E-state index is 12.1. The van der Waals surface area contributed by atoms with Crippen LogP contribution in [-0.4, -0.2) is 37.1 Å². The number of benzene rings is 3. The molecule has 0 bridgehead atoms. The third-order valence-electron chi connectivity index (χ3n) is 5.21. The molecule has 0 radical (unpaired) electrons. The van der Waals surface area contributed by atoms with Crippen LogP contribution in [0.5, 0.6) is 11.5 Å². The first-order valence-electron chi connectivity index (χ1n) is 11.8. The molecule has 3 aromatic rings. The van der Waals surface area contributed by atoms with Crippen LogP contribution in [0.2, 0.25) is 0 Å². The lowest BCUT2D eigenvalue weighted by molar-refractivity contribution is -0.136. The summed E-state index contributed by atoms with van der Waals surface area (Å²) in [6, 6.07) is 19.2. The molecule has 0 saturated heterocycles. The molecule has 3 aromatic carbocycles. The van der Waals surface area contributed by atoms with Crippen molar-refractivity contribution in [3.8, 4) is 11.5 Å². The Morgan fingerprint density at radius 1 is 0.784 bits per heavy atom. The van der Waals surface area contributed by atoms with Crippen molar-refractivity contribution < 1.29 is 23.9 Å². The fourth-order valence-corrected chi connectivity index (χ4v) is 3.07. The highest BCUT2D eigenvalue weighted by Crippen LogP contribution is 2.16. The van der Waals surface area contributed by atoms with E-state index in [1.807, 2.05) is 39.0 Å². The third kappa shape index (κ3) is 8.81. The number of anilines is 2. The predicted molar refractivity (Wildman–Crippen MR) is 143 cm³/mol. The van der Waals surface area contributed by atoms with Gasteiger partial charge in [0.05, 0.1) is 12.8 Å². The number of aryl methyl sites for hydroxylation is 2. The second-order valence-corrected chi connectivity index (χ2v) is 8.23. The van der Waals surface area contributed by atoms with Crippen LogP contribution in [-0.2, 0) is 14.4 Å². The van der Waals surface area contributed by atoms with Crippen molar-refractivity contribution >= 4 is 35.3 Å². The first kappa shape index (κ1) is 26.9. The summed E-state index contributed by atoms with van der Waals surface area (Å²) in [5.41, 5.74) is 6.27. The lowest BCUT2D eigenvalue weighted by atomic mass is 10.1. The Morgan fingerprint density at radius 2 is 1.43 bits per heavy atom. The van der Waals surface area contributed by atoms with E-state index in [0.717, 1.165) is 17.5 Å². The Labute approximate surface area is 215 Å². The van der Waals surface area contributed by atoms with Crippen LogP contribution in [0.15, 0.2) is 71.8 Å². The smallest absolute Gasteiger partial charge is 0.329 e. The Balaban J connectivity index is 1.41. The van der Waals surface area contributed by atoms with E-state index in [1.54, 1.807) is 48.5 Å². The molecule has 0 heterocycles. The number of carbonyl (C=O) groups excluding carboxylic acids is 3. The average molecular weight is 503 g/mol. The van der Waals surface area contributed by atoms with E-state index in [4.69, 9.17) is 9.47 Å². The summed E-state index contributed by atoms with van der Waals surface area (Å²) in [6.45, 7) is 6.47. The summed E-state index contributed by atoms with van der Waals surface area (Å²) < 4.78 is 11.0. The maximum Gasteiger partial charge on any atom is 0.329 e. The molecule has 0 saturated carbocycles. The normalized spacial score (nSPS) is 10.6. The Hall–Kier alpha value is -4.66. The molecule has 0 unspecified atom stereocenters. The average Bonchev–Trinajstić information content (AvgIpc) is 2.90. The van der Waals surface area contributed by atoms with Crippen LogP contribution in [0.25, 0.3) is 0 Å². The molecular weight excluding hydrogens is 472 g/mol. The van der Waals surface area contributed by atoms with Crippen molar-refractivity contribution in [1.29, 1.82) is 0 Å². The molecule has 3 rings (SSSR count). The Bertz CT molecular complexity index is 1250. The van der Waals surface area contributed by atoms with E-state index < -0.39 is 11.8 Å². The van der Waals surface area contributed by atoms with Crippen molar-refractivity contribution in [2.24, 2.45) is 5.10 Å². The van der Waals surface area contributed by atoms with E-state index in [0.29, 0.717) is 35.0 Å². The summed E-state index contributed by atoms with van der Waals surface area (Å²) >= 11 is 0. The number of amides is 3.